The first-order chi connectivity index (χ1) is 11.6. The van der Waals surface area contributed by atoms with Gasteiger partial charge in [-0.3, -0.25) is 0 Å². The molecule has 1 aliphatic rings. The summed E-state index contributed by atoms with van der Waals surface area (Å²) in [7, 11) is 0. The molecule has 0 heterocycles. The maximum absolute atomic E-state index is 3.75. The Balaban J connectivity index is 0.000000254. The molecular formula is C23H21BrCl2Zr. The number of halogens is 3. The van der Waals surface area contributed by atoms with Gasteiger partial charge in [-0.05, 0) is 29.3 Å². The molecule has 0 aliphatic heterocycles. The summed E-state index contributed by atoms with van der Waals surface area (Å²) >= 11 is 3.75. The number of fused-ring (bicyclic) bond motifs is 3. The van der Waals surface area contributed by atoms with Crippen molar-refractivity contribution < 1.29 is 51.0 Å². The van der Waals surface area contributed by atoms with Crippen LogP contribution in [0.5, 0.6) is 0 Å². The zero-order valence-corrected chi connectivity index (χ0v) is 21.0. The molecule has 0 saturated heterocycles. The Morgan fingerprint density at radius 2 is 1.78 bits per heavy atom. The Hall–Kier alpha value is -0.397. The molecule has 0 fully saturated rings. The third-order valence-electron chi connectivity index (χ3n) is 5.06. The van der Waals surface area contributed by atoms with Crippen LogP contribution in [0.25, 0.3) is 21.5 Å². The minimum atomic E-state index is 0. The smallest absolute Gasteiger partial charge is 1.00 e. The molecule has 0 unspecified atom stereocenters. The summed E-state index contributed by atoms with van der Waals surface area (Å²) in [5, 5.41) is 5.51. The molecule has 27 heavy (non-hydrogen) atoms. The summed E-state index contributed by atoms with van der Waals surface area (Å²) in [4.78, 5) is 0. The van der Waals surface area contributed by atoms with Gasteiger partial charge < -0.3 is 24.8 Å². The summed E-state index contributed by atoms with van der Waals surface area (Å²) in [6, 6.07) is 19.7. The van der Waals surface area contributed by atoms with E-state index < -0.39 is 0 Å². The standard InChI is InChI=1S/C13H12Br.C10H9.2ClH.Zr/c1-8-5-10-7-9-3-2-4-11(9)13(14)12(10)6-8;1-8-6-7-9-4-2-3-5-10(8)9;;;/h5-7H,2-4H2,1H3;2-7H,1H3;2*1H;/q2*-1;;;+4/p-2. The number of aryl methyl sites for hydroxylation is 3. The van der Waals surface area contributed by atoms with Crippen molar-refractivity contribution in [2.24, 2.45) is 0 Å². The average molecular weight is 539 g/mol. The second-order valence-electron chi connectivity index (χ2n) is 6.82. The first-order valence-corrected chi connectivity index (χ1v) is 9.41. The van der Waals surface area contributed by atoms with E-state index in [1.807, 2.05) is 0 Å². The van der Waals surface area contributed by atoms with Crippen LogP contribution in [0.15, 0.2) is 59.1 Å². The molecule has 4 aromatic rings. The second-order valence-corrected chi connectivity index (χ2v) is 7.61. The van der Waals surface area contributed by atoms with E-state index in [0.29, 0.717) is 0 Å². The van der Waals surface area contributed by atoms with E-state index in [1.165, 1.54) is 56.4 Å². The summed E-state index contributed by atoms with van der Waals surface area (Å²) in [6.45, 7) is 4.31. The molecule has 0 bridgehead atoms. The van der Waals surface area contributed by atoms with Gasteiger partial charge in [0.15, 0.2) is 0 Å². The van der Waals surface area contributed by atoms with E-state index in [-0.39, 0.29) is 51.0 Å². The minimum Gasteiger partial charge on any atom is -1.00 e. The zero-order chi connectivity index (χ0) is 16.7. The fraction of sp³-hybridized carbons (Fsp3) is 0.217. The van der Waals surface area contributed by atoms with Crippen molar-refractivity contribution in [3.05, 3.63) is 81.3 Å². The fourth-order valence-corrected chi connectivity index (χ4v) is 4.61. The van der Waals surface area contributed by atoms with E-state index in [1.54, 1.807) is 11.1 Å². The van der Waals surface area contributed by atoms with Crippen LogP contribution in [0.3, 0.4) is 0 Å². The molecule has 0 radical (unpaired) electrons. The van der Waals surface area contributed by atoms with Gasteiger partial charge in [0.1, 0.15) is 0 Å². The van der Waals surface area contributed by atoms with Crippen LogP contribution in [0.1, 0.15) is 28.7 Å². The Morgan fingerprint density at radius 1 is 1.04 bits per heavy atom. The van der Waals surface area contributed by atoms with Crippen molar-refractivity contribution in [1.29, 1.82) is 0 Å². The van der Waals surface area contributed by atoms with E-state index in [0.717, 1.165) is 0 Å². The number of hydrogen-bond donors (Lipinski definition) is 0. The van der Waals surface area contributed by atoms with Crippen LogP contribution in [0.4, 0.5) is 0 Å². The van der Waals surface area contributed by atoms with Gasteiger partial charge in [-0.25, -0.2) is 0 Å². The Morgan fingerprint density at radius 3 is 2.52 bits per heavy atom. The van der Waals surface area contributed by atoms with Gasteiger partial charge in [-0.2, -0.15) is 18.2 Å². The van der Waals surface area contributed by atoms with E-state index >= 15 is 0 Å². The molecule has 4 heteroatoms. The van der Waals surface area contributed by atoms with Crippen LogP contribution in [-0.4, -0.2) is 0 Å². The van der Waals surface area contributed by atoms with Crippen molar-refractivity contribution in [2.75, 3.05) is 0 Å². The second kappa shape index (κ2) is 10.4. The van der Waals surface area contributed by atoms with Gasteiger partial charge >= 0.3 is 26.2 Å². The average Bonchev–Trinajstić information content (AvgIpc) is 3.28. The molecule has 5 rings (SSSR count). The largest absolute Gasteiger partial charge is 4.00 e. The topological polar surface area (TPSA) is 0 Å². The Labute approximate surface area is 201 Å². The van der Waals surface area contributed by atoms with E-state index in [2.05, 4.69) is 84.4 Å². The van der Waals surface area contributed by atoms with Crippen LogP contribution >= 0.6 is 15.9 Å². The van der Waals surface area contributed by atoms with Crippen LogP contribution < -0.4 is 24.8 Å². The van der Waals surface area contributed by atoms with Gasteiger partial charge in [0.05, 0.1) is 0 Å². The summed E-state index contributed by atoms with van der Waals surface area (Å²) < 4.78 is 1.34. The predicted molar refractivity (Wildman–Crippen MR) is 108 cm³/mol. The number of benzene rings is 2. The van der Waals surface area contributed by atoms with Gasteiger partial charge in [0.25, 0.3) is 0 Å². The van der Waals surface area contributed by atoms with E-state index in [9.17, 15) is 0 Å². The van der Waals surface area contributed by atoms with Gasteiger partial charge in [-0.15, -0.1) is 63.0 Å². The molecule has 0 aromatic heterocycles. The SMILES string of the molecule is C[c-]1ccc2ccccc21.Cc1cc2c(Br)c3c(cc2[cH-]1)CCC3.[Cl-].[Cl-].[Zr+4]. The van der Waals surface area contributed by atoms with Crippen LogP contribution in [-0.2, 0) is 39.0 Å². The molecule has 1 aliphatic carbocycles. The molecule has 0 nitrogen and oxygen atoms in total. The van der Waals surface area contributed by atoms with Gasteiger partial charge in [0.2, 0.25) is 0 Å². The van der Waals surface area contributed by atoms with Crippen molar-refractivity contribution in [3.8, 4) is 0 Å². The summed E-state index contributed by atoms with van der Waals surface area (Å²) in [6.07, 6.45) is 3.82. The summed E-state index contributed by atoms with van der Waals surface area (Å²) in [5.74, 6) is 0. The maximum Gasteiger partial charge on any atom is 4.00 e. The molecule has 0 saturated carbocycles. The van der Waals surface area contributed by atoms with Gasteiger partial charge in [0, 0.05) is 0 Å². The predicted octanol–water partition coefficient (Wildman–Crippen LogP) is 0.991. The van der Waals surface area contributed by atoms with Crippen molar-refractivity contribution in [3.63, 3.8) is 0 Å². The van der Waals surface area contributed by atoms with E-state index in [4.69, 9.17) is 0 Å². The third kappa shape index (κ3) is 4.96. The van der Waals surface area contributed by atoms with Crippen LogP contribution in [0.2, 0.25) is 0 Å². The van der Waals surface area contributed by atoms with Crippen molar-refractivity contribution in [2.45, 2.75) is 33.1 Å². The quantitative estimate of drug-likeness (QED) is 0.293. The number of hydrogen-bond acceptors (Lipinski definition) is 0. The first-order valence-electron chi connectivity index (χ1n) is 8.62. The van der Waals surface area contributed by atoms with Crippen molar-refractivity contribution >= 4 is 37.5 Å². The Bertz CT molecular complexity index is 1030. The maximum atomic E-state index is 3.75. The number of rotatable bonds is 0. The molecule has 0 atom stereocenters. The molecular weight excluding hydrogens is 518 g/mol. The minimum absolute atomic E-state index is 0. The van der Waals surface area contributed by atoms with Gasteiger partial charge in [-0.1, -0.05) is 41.4 Å². The molecule has 4 aromatic carbocycles. The molecule has 0 spiro atoms. The zero-order valence-electron chi connectivity index (χ0n) is 15.5. The molecule has 0 N–H and O–H groups in total. The van der Waals surface area contributed by atoms with Crippen molar-refractivity contribution in [1.82, 2.24) is 0 Å². The molecule has 138 valence electrons. The third-order valence-corrected chi connectivity index (χ3v) is 5.96. The monoisotopic (exact) mass is 536 g/mol. The normalized spacial score (nSPS) is 11.7. The summed E-state index contributed by atoms with van der Waals surface area (Å²) in [5.41, 5.74) is 5.83. The first kappa shape index (κ1) is 24.6. The Kier molecular flexibility index (Phi) is 9.49. The fourth-order valence-electron chi connectivity index (χ4n) is 3.82. The molecule has 0 amide bonds. The van der Waals surface area contributed by atoms with Crippen LogP contribution in [0, 0.1) is 13.8 Å².